The van der Waals surface area contributed by atoms with Crippen molar-refractivity contribution in [3.8, 4) is 6.07 Å². The van der Waals surface area contributed by atoms with Crippen molar-refractivity contribution in [1.82, 2.24) is 5.32 Å². The second-order valence-electron chi connectivity index (χ2n) is 6.38. The molecule has 0 radical (unpaired) electrons. The highest BCUT2D eigenvalue weighted by molar-refractivity contribution is 6.09. The number of benzene rings is 2. The Hall–Kier alpha value is -3.13. The summed E-state index contributed by atoms with van der Waals surface area (Å²) >= 11 is 0. The van der Waals surface area contributed by atoms with Gasteiger partial charge in [-0.3, -0.25) is 9.59 Å². The highest BCUT2D eigenvalue weighted by atomic mass is 16.2. The molecule has 0 spiro atoms. The van der Waals surface area contributed by atoms with Crippen molar-refractivity contribution in [2.75, 3.05) is 5.32 Å². The number of rotatable bonds is 5. The summed E-state index contributed by atoms with van der Waals surface area (Å²) < 4.78 is 0. The molecule has 128 valence electrons. The predicted octanol–water partition coefficient (Wildman–Crippen LogP) is 3.15. The van der Waals surface area contributed by atoms with Crippen LogP contribution in [0.5, 0.6) is 0 Å². The molecule has 25 heavy (non-hydrogen) atoms. The molecule has 2 amide bonds. The van der Waals surface area contributed by atoms with Gasteiger partial charge in [-0.1, -0.05) is 30.3 Å². The second-order valence-corrected chi connectivity index (χ2v) is 6.38. The summed E-state index contributed by atoms with van der Waals surface area (Å²) in [5.74, 6) is -0.783. The Bertz CT molecular complexity index is 835. The number of aryl methyl sites for hydroxylation is 1. The van der Waals surface area contributed by atoms with Crippen LogP contribution in [0.2, 0.25) is 0 Å². The first kappa shape index (κ1) is 18.2. The fraction of sp³-hybridized carbons (Fsp3) is 0.250. The molecule has 0 fully saturated rings. The Morgan fingerprint density at radius 3 is 2.48 bits per heavy atom. The van der Waals surface area contributed by atoms with E-state index in [1.54, 1.807) is 38.1 Å². The van der Waals surface area contributed by atoms with Crippen LogP contribution in [0.15, 0.2) is 48.5 Å². The number of nitrogens with zero attached hydrogens (tertiary/aromatic N) is 1. The van der Waals surface area contributed by atoms with E-state index in [-0.39, 0.29) is 5.91 Å². The molecule has 0 saturated heterocycles. The van der Waals surface area contributed by atoms with E-state index in [1.807, 2.05) is 37.3 Å². The monoisotopic (exact) mass is 335 g/mol. The first-order valence-corrected chi connectivity index (χ1v) is 7.99. The van der Waals surface area contributed by atoms with Gasteiger partial charge in [-0.25, -0.2) is 0 Å². The number of amides is 2. The van der Waals surface area contributed by atoms with Crippen LogP contribution in [-0.2, 0) is 16.1 Å². The van der Waals surface area contributed by atoms with Crippen LogP contribution >= 0.6 is 0 Å². The summed E-state index contributed by atoms with van der Waals surface area (Å²) in [6.07, 6.45) is 0. The largest absolute Gasteiger partial charge is 0.351 e. The van der Waals surface area contributed by atoms with Crippen LogP contribution in [0.25, 0.3) is 0 Å². The molecular weight excluding hydrogens is 314 g/mol. The molecule has 0 aliphatic rings. The molecule has 2 N–H and O–H groups in total. The smallest absolute Gasteiger partial charge is 0.239 e. The third-order valence-corrected chi connectivity index (χ3v) is 4.09. The molecule has 0 aromatic heterocycles. The maximum Gasteiger partial charge on any atom is 0.239 e. The van der Waals surface area contributed by atoms with E-state index >= 15 is 0 Å². The molecule has 0 bridgehead atoms. The topological polar surface area (TPSA) is 82.0 Å². The third kappa shape index (κ3) is 4.45. The number of hydrogen-bond donors (Lipinski definition) is 2. The Balaban J connectivity index is 2.03. The Kier molecular flexibility index (Phi) is 5.56. The minimum atomic E-state index is -1.24. The molecule has 0 saturated carbocycles. The van der Waals surface area contributed by atoms with Gasteiger partial charge < -0.3 is 10.6 Å². The first-order chi connectivity index (χ1) is 11.8. The lowest BCUT2D eigenvalue weighted by Gasteiger charge is -2.23. The SMILES string of the molecule is Cc1ccccc1CNC(=O)C(C)(C)C(=O)Nc1cccc(C#N)c1. The van der Waals surface area contributed by atoms with Gasteiger partial charge in [-0.15, -0.1) is 0 Å². The third-order valence-electron chi connectivity index (χ3n) is 4.09. The normalized spacial score (nSPS) is 10.6. The second kappa shape index (κ2) is 7.63. The van der Waals surface area contributed by atoms with Crippen LogP contribution < -0.4 is 10.6 Å². The van der Waals surface area contributed by atoms with E-state index in [1.165, 1.54) is 0 Å². The van der Waals surface area contributed by atoms with Gasteiger partial charge in [-0.2, -0.15) is 5.26 Å². The van der Waals surface area contributed by atoms with Crippen molar-refractivity contribution in [3.05, 3.63) is 65.2 Å². The lowest BCUT2D eigenvalue weighted by Crippen LogP contribution is -2.44. The number of nitrogens with one attached hydrogen (secondary N) is 2. The molecule has 0 heterocycles. The number of carbonyl (C=O) groups excluding carboxylic acids is 2. The van der Waals surface area contributed by atoms with E-state index in [2.05, 4.69) is 10.6 Å². The minimum Gasteiger partial charge on any atom is -0.351 e. The van der Waals surface area contributed by atoms with Crippen molar-refractivity contribution in [1.29, 1.82) is 5.26 Å². The van der Waals surface area contributed by atoms with E-state index in [9.17, 15) is 9.59 Å². The molecule has 5 nitrogen and oxygen atoms in total. The summed E-state index contributed by atoms with van der Waals surface area (Å²) in [5, 5.41) is 14.4. The van der Waals surface area contributed by atoms with Gasteiger partial charge in [0.2, 0.25) is 11.8 Å². The maximum absolute atomic E-state index is 12.5. The van der Waals surface area contributed by atoms with Gasteiger partial charge in [0, 0.05) is 12.2 Å². The summed E-state index contributed by atoms with van der Waals surface area (Å²) in [6, 6.07) is 16.4. The standard InChI is InChI=1S/C20H21N3O2/c1-14-7-4-5-9-16(14)13-22-18(24)20(2,3)19(25)23-17-10-6-8-15(11-17)12-21/h4-11H,13H2,1-3H3,(H,22,24)(H,23,25). The van der Waals surface area contributed by atoms with Crippen molar-refractivity contribution >= 4 is 17.5 Å². The minimum absolute atomic E-state index is 0.357. The van der Waals surface area contributed by atoms with Crippen LogP contribution in [0, 0.1) is 23.7 Å². The Morgan fingerprint density at radius 1 is 1.08 bits per heavy atom. The van der Waals surface area contributed by atoms with Crippen LogP contribution in [-0.4, -0.2) is 11.8 Å². The number of hydrogen-bond acceptors (Lipinski definition) is 3. The van der Waals surface area contributed by atoms with Gasteiger partial charge in [0.15, 0.2) is 0 Å². The molecule has 2 aromatic rings. The molecule has 2 rings (SSSR count). The fourth-order valence-electron chi connectivity index (χ4n) is 2.26. The van der Waals surface area contributed by atoms with Crippen LogP contribution in [0.1, 0.15) is 30.5 Å². The predicted molar refractivity (Wildman–Crippen MR) is 96.6 cm³/mol. The highest BCUT2D eigenvalue weighted by Gasteiger charge is 2.36. The molecule has 0 atom stereocenters. The average Bonchev–Trinajstić information content (AvgIpc) is 2.60. The van der Waals surface area contributed by atoms with Crippen LogP contribution in [0.3, 0.4) is 0 Å². The lowest BCUT2D eigenvalue weighted by atomic mass is 9.90. The van der Waals surface area contributed by atoms with Crippen molar-refractivity contribution in [2.24, 2.45) is 5.41 Å². The highest BCUT2D eigenvalue weighted by Crippen LogP contribution is 2.20. The average molecular weight is 335 g/mol. The van der Waals surface area contributed by atoms with Gasteiger partial charge in [0.25, 0.3) is 0 Å². The van der Waals surface area contributed by atoms with E-state index in [0.717, 1.165) is 11.1 Å². The summed E-state index contributed by atoms with van der Waals surface area (Å²) in [7, 11) is 0. The van der Waals surface area contributed by atoms with Gasteiger partial charge >= 0.3 is 0 Å². The van der Waals surface area contributed by atoms with Crippen molar-refractivity contribution in [3.63, 3.8) is 0 Å². The van der Waals surface area contributed by atoms with Gasteiger partial charge in [0.1, 0.15) is 5.41 Å². The van der Waals surface area contributed by atoms with E-state index < -0.39 is 11.3 Å². The first-order valence-electron chi connectivity index (χ1n) is 7.99. The quantitative estimate of drug-likeness (QED) is 0.824. The summed E-state index contributed by atoms with van der Waals surface area (Å²) in [4.78, 5) is 25.0. The molecular formula is C20H21N3O2. The summed E-state index contributed by atoms with van der Waals surface area (Å²) in [5.41, 5.74) is 1.78. The fourth-order valence-corrected chi connectivity index (χ4v) is 2.26. The molecule has 0 aliphatic heterocycles. The lowest BCUT2D eigenvalue weighted by molar-refractivity contribution is -0.138. The number of anilines is 1. The van der Waals surface area contributed by atoms with E-state index in [0.29, 0.717) is 17.8 Å². The molecule has 2 aromatic carbocycles. The summed E-state index contributed by atoms with van der Waals surface area (Å²) in [6.45, 7) is 5.49. The van der Waals surface area contributed by atoms with Gasteiger partial charge in [0.05, 0.1) is 11.6 Å². The van der Waals surface area contributed by atoms with Crippen molar-refractivity contribution < 1.29 is 9.59 Å². The maximum atomic E-state index is 12.5. The molecule has 0 aliphatic carbocycles. The Labute approximate surface area is 147 Å². The van der Waals surface area contributed by atoms with E-state index in [4.69, 9.17) is 5.26 Å². The number of carbonyl (C=O) groups is 2. The molecule has 0 unspecified atom stereocenters. The van der Waals surface area contributed by atoms with Gasteiger partial charge in [-0.05, 0) is 50.1 Å². The zero-order valence-electron chi connectivity index (χ0n) is 14.6. The zero-order valence-corrected chi connectivity index (χ0v) is 14.6. The molecule has 5 heteroatoms. The zero-order chi connectivity index (χ0) is 18.4. The Morgan fingerprint density at radius 2 is 1.80 bits per heavy atom. The van der Waals surface area contributed by atoms with Crippen LogP contribution in [0.4, 0.5) is 5.69 Å². The number of nitriles is 1. The van der Waals surface area contributed by atoms with Crippen molar-refractivity contribution in [2.45, 2.75) is 27.3 Å².